The van der Waals surface area contributed by atoms with E-state index in [9.17, 15) is 8.42 Å². The normalized spacial score (nSPS) is 17.4. The third-order valence-electron chi connectivity index (χ3n) is 4.59. The highest BCUT2D eigenvalue weighted by molar-refractivity contribution is 7.92. The third kappa shape index (κ3) is 3.75. The molecule has 0 spiro atoms. The van der Waals surface area contributed by atoms with E-state index in [2.05, 4.69) is 15.5 Å². The number of nitrogens with one attached hydrogen (secondary N) is 1. The largest absolute Gasteiger partial charge is 0.362 e. The smallest absolute Gasteiger partial charge is 0.200 e. The molecule has 5 nitrogen and oxygen atoms in total. The van der Waals surface area contributed by atoms with E-state index in [1.54, 1.807) is 12.1 Å². The van der Waals surface area contributed by atoms with Gasteiger partial charge in [-0.15, -0.1) is 10.2 Å². The summed E-state index contributed by atoms with van der Waals surface area (Å²) in [5, 5.41) is 11.1. The highest BCUT2D eigenvalue weighted by atomic mass is 32.2. The molecule has 128 valence electrons. The summed E-state index contributed by atoms with van der Waals surface area (Å²) < 4.78 is 25.2. The van der Waals surface area contributed by atoms with E-state index in [0.29, 0.717) is 5.82 Å². The first-order valence-corrected chi connectivity index (χ1v) is 10.0. The lowest BCUT2D eigenvalue weighted by Crippen LogP contribution is -2.25. The predicted molar refractivity (Wildman–Crippen MR) is 94.6 cm³/mol. The number of aromatic nitrogens is 2. The van der Waals surface area contributed by atoms with Gasteiger partial charge in [0.1, 0.15) is 5.82 Å². The van der Waals surface area contributed by atoms with E-state index in [4.69, 9.17) is 0 Å². The standard InChI is InChI=1S/C18H23N3O2S/c1-14(15-8-4-2-5-9-15)19-17-12-13-18(21-20-17)24(22,23)16-10-6-3-7-11-16/h2,4-5,8-9,12-14,16H,3,6-7,10-11H2,1H3,(H,19,20)/t14-/m1/s1. The number of hydrogen-bond donors (Lipinski definition) is 1. The van der Waals surface area contributed by atoms with Crippen LogP contribution < -0.4 is 5.32 Å². The molecule has 1 aliphatic carbocycles. The first-order chi connectivity index (χ1) is 11.6. The Morgan fingerprint density at radius 1 is 1.00 bits per heavy atom. The Morgan fingerprint density at radius 2 is 1.71 bits per heavy atom. The van der Waals surface area contributed by atoms with Gasteiger partial charge in [0.25, 0.3) is 0 Å². The molecule has 1 aromatic heterocycles. The van der Waals surface area contributed by atoms with Crippen molar-refractivity contribution < 1.29 is 8.42 Å². The molecular weight excluding hydrogens is 322 g/mol. The molecule has 2 aromatic rings. The Morgan fingerprint density at radius 3 is 2.33 bits per heavy atom. The van der Waals surface area contributed by atoms with Gasteiger partial charge in [-0.05, 0) is 37.5 Å². The van der Waals surface area contributed by atoms with Crippen molar-refractivity contribution in [1.29, 1.82) is 0 Å². The maximum absolute atomic E-state index is 12.6. The SMILES string of the molecule is C[C@@H](Nc1ccc(S(=O)(=O)C2CCCCC2)nn1)c1ccccc1. The van der Waals surface area contributed by atoms with Gasteiger partial charge < -0.3 is 5.32 Å². The fourth-order valence-electron chi connectivity index (χ4n) is 3.14. The van der Waals surface area contributed by atoms with Gasteiger partial charge in [0.2, 0.25) is 0 Å². The number of nitrogens with zero attached hydrogens (tertiary/aromatic N) is 2. The maximum Gasteiger partial charge on any atom is 0.200 e. The van der Waals surface area contributed by atoms with Gasteiger partial charge >= 0.3 is 0 Å². The molecule has 0 saturated heterocycles. The maximum atomic E-state index is 12.6. The zero-order valence-electron chi connectivity index (χ0n) is 13.9. The molecule has 0 aliphatic heterocycles. The Balaban J connectivity index is 1.71. The van der Waals surface area contributed by atoms with Crippen molar-refractivity contribution in [3.8, 4) is 0 Å². The summed E-state index contributed by atoms with van der Waals surface area (Å²) >= 11 is 0. The van der Waals surface area contributed by atoms with Gasteiger partial charge in [0.05, 0.1) is 5.25 Å². The molecule has 1 saturated carbocycles. The third-order valence-corrected chi connectivity index (χ3v) is 6.74. The summed E-state index contributed by atoms with van der Waals surface area (Å²) in [6, 6.07) is 13.3. The van der Waals surface area contributed by atoms with Crippen molar-refractivity contribution >= 4 is 15.7 Å². The number of hydrogen-bond acceptors (Lipinski definition) is 5. The van der Waals surface area contributed by atoms with Crippen LogP contribution in [0.2, 0.25) is 0 Å². The molecular formula is C18H23N3O2S. The number of anilines is 1. The van der Waals surface area contributed by atoms with Crippen LogP contribution in [0.4, 0.5) is 5.82 Å². The molecule has 0 unspecified atom stereocenters. The number of benzene rings is 1. The summed E-state index contributed by atoms with van der Waals surface area (Å²) in [7, 11) is -3.36. The first kappa shape index (κ1) is 16.9. The van der Waals surface area contributed by atoms with E-state index in [1.165, 1.54) is 0 Å². The second-order valence-corrected chi connectivity index (χ2v) is 8.51. The Bertz CT molecular complexity index is 755. The molecule has 6 heteroatoms. The van der Waals surface area contributed by atoms with Crippen LogP contribution in [0.15, 0.2) is 47.5 Å². The van der Waals surface area contributed by atoms with Gasteiger partial charge in [-0.25, -0.2) is 8.42 Å². The Labute approximate surface area is 143 Å². The van der Waals surface area contributed by atoms with E-state index in [-0.39, 0.29) is 16.3 Å². The zero-order valence-corrected chi connectivity index (χ0v) is 14.7. The summed E-state index contributed by atoms with van der Waals surface area (Å²) in [6.07, 6.45) is 4.54. The summed E-state index contributed by atoms with van der Waals surface area (Å²) in [5.74, 6) is 0.578. The fourth-order valence-corrected chi connectivity index (χ4v) is 4.85. The van der Waals surface area contributed by atoms with Gasteiger partial charge in [-0.2, -0.15) is 0 Å². The number of sulfone groups is 1. The minimum atomic E-state index is -3.36. The molecule has 1 heterocycles. The monoisotopic (exact) mass is 345 g/mol. The highest BCUT2D eigenvalue weighted by Crippen LogP contribution is 2.28. The average molecular weight is 345 g/mol. The van der Waals surface area contributed by atoms with Crippen molar-refractivity contribution in [2.24, 2.45) is 0 Å². The fraction of sp³-hybridized carbons (Fsp3) is 0.444. The van der Waals surface area contributed by atoms with Crippen molar-refractivity contribution in [3.05, 3.63) is 48.0 Å². The lowest BCUT2D eigenvalue weighted by Gasteiger charge is -2.21. The van der Waals surface area contributed by atoms with Crippen LogP contribution in [0.25, 0.3) is 0 Å². The topological polar surface area (TPSA) is 72.0 Å². The van der Waals surface area contributed by atoms with Crippen molar-refractivity contribution in [2.45, 2.75) is 55.3 Å². The van der Waals surface area contributed by atoms with Gasteiger partial charge in [-0.3, -0.25) is 0 Å². The van der Waals surface area contributed by atoms with Crippen molar-refractivity contribution in [1.82, 2.24) is 10.2 Å². The molecule has 1 N–H and O–H groups in total. The summed E-state index contributed by atoms with van der Waals surface area (Å²) in [6.45, 7) is 2.03. The van der Waals surface area contributed by atoms with Crippen LogP contribution in [0.1, 0.15) is 50.6 Å². The van der Waals surface area contributed by atoms with Crippen LogP contribution in [-0.4, -0.2) is 23.9 Å². The van der Waals surface area contributed by atoms with Crippen molar-refractivity contribution in [3.63, 3.8) is 0 Å². The molecule has 3 rings (SSSR count). The minimum absolute atomic E-state index is 0.0706. The van der Waals surface area contributed by atoms with Gasteiger partial charge in [0.15, 0.2) is 14.9 Å². The van der Waals surface area contributed by atoms with E-state index in [1.807, 2.05) is 37.3 Å². The lowest BCUT2D eigenvalue weighted by molar-refractivity contribution is 0.481. The molecule has 0 bridgehead atoms. The Hall–Kier alpha value is -1.95. The number of rotatable bonds is 5. The lowest BCUT2D eigenvalue weighted by atomic mass is 10.0. The van der Waals surface area contributed by atoms with Crippen LogP contribution in [-0.2, 0) is 9.84 Å². The van der Waals surface area contributed by atoms with Gasteiger partial charge in [-0.1, -0.05) is 49.6 Å². The highest BCUT2D eigenvalue weighted by Gasteiger charge is 2.30. The predicted octanol–water partition coefficient (Wildman–Crippen LogP) is 3.76. The summed E-state index contributed by atoms with van der Waals surface area (Å²) in [5.41, 5.74) is 1.14. The molecule has 1 aromatic carbocycles. The van der Waals surface area contributed by atoms with Crippen molar-refractivity contribution in [2.75, 3.05) is 5.32 Å². The van der Waals surface area contributed by atoms with Crippen LogP contribution >= 0.6 is 0 Å². The first-order valence-electron chi connectivity index (χ1n) is 8.46. The van der Waals surface area contributed by atoms with Crippen LogP contribution in [0.3, 0.4) is 0 Å². The molecule has 1 atom stereocenters. The second kappa shape index (κ2) is 7.30. The zero-order chi connectivity index (χ0) is 17.0. The molecule has 24 heavy (non-hydrogen) atoms. The molecule has 0 radical (unpaired) electrons. The minimum Gasteiger partial charge on any atom is -0.362 e. The average Bonchev–Trinajstić information content (AvgIpc) is 2.63. The molecule has 1 fully saturated rings. The van der Waals surface area contributed by atoms with E-state index in [0.717, 1.165) is 37.7 Å². The second-order valence-electron chi connectivity index (χ2n) is 6.34. The summed E-state index contributed by atoms with van der Waals surface area (Å²) in [4.78, 5) is 0. The van der Waals surface area contributed by atoms with Crippen LogP contribution in [0, 0.1) is 0 Å². The Kier molecular flexibility index (Phi) is 5.14. The van der Waals surface area contributed by atoms with E-state index >= 15 is 0 Å². The molecule has 0 amide bonds. The van der Waals surface area contributed by atoms with Gasteiger partial charge in [0, 0.05) is 6.04 Å². The van der Waals surface area contributed by atoms with E-state index < -0.39 is 9.84 Å². The molecule has 1 aliphatic rings. The van der Waals surface area contributed by atoms with Crippen LogP contribution in [0.5, 0.6) is 0 Å². The quantitative estimate of drug-likeness (QED) is 0.893.